The Hall–Kier alpha value is -3.49. The lowest BCUT2D eigenvalue weighted by atomic mass is 10.2. The number of nitrogens with zero attached hydrogens (tertiary/aromatic N) is 2. The van der Waals surface area contributed by atoms with Crippen LogP contribution in [-0.2, 0) is 26.2 Å². The number of carbonyl (C=O) groups is 2. The van der Waals surface area contributed by atoms with E-state index in [0.29, 0.717) is 24.3 Å². The zero-order valence-corrected chi connectivity index (χ0v) is 18.9. The summed E-state index contributed by atoms with van der Waals surface area (Å²) in [6.45, 7) is 0.278. The summed E-state index contributed by atoms with van der Waals surface area (Å²) >= 11 is 0. The van der Waals surface area contributed by atoms with Gasteiger partial charge in [-0.3, -0.25) is 9.59 Å². The molecule has 0 saturated carbocycles. The lowest BCUT2D eigenvalue weighted by Gasteiger charge is -2.23. The second-order valence-corrected chi connectivity index (χ2v) is 9.72. The van der Waals surface area contributed by atoms with E-state index in [1.54, 1.807) is 47.4 Å². The van der Waals surface area contributed by atoms with E-state index in [1.165, 1.54) is 12.1 Å². The standard InChI is InChI=1S/C25H25N3O4S/c29-24(26-22-14-7-8-15-23(22)28-17-9-16-25(28)30)19-27(18-20-10-3-1-4-11-20)33(31,32)21-12-5-2-6-13-21/h1-8,10-15H,9,16-19H2,(H,26,29). The van der Waals surface area contributed by atoms with Gasteiger partial charge in [-0.15, -0.1) is 0 Å². The Morgan fingerprint density at radius 2 is 1.55 bits per heavy atom. The minimum Gasteiger partial charge on any atom is -0.323 e. The Kier molecular flexibility index (Phi) is 6.86. The van der Waals surface area contributed by atoms with Crippen LogP contribution in [0.15, 0.2) is 89.8 Å². The van der Waals surface area contributed by atoms with Gasteiger partial charge >= 0.3 is 0 Å². The second-order valence-electron chi connectivity index (χ2n) is 7.79. The molecule has 3 aromatic rings. The van der Waals surface area contributed by atoms with Gasteiger partial charge in [0.05, 0.1) is 22.8 Å². The molecule has 3 aromatic carbocycles. The topological polar surface area (TPSA) is 86.8 Å². The van der Waals surface area contributed by atoms with Crippen LogP contribution in [0, 0.1) is 0 Å². The van der Waals surface area contributed by atoms with E-state index in [1.807, 2.05) is 30.3 Å². The number of carbonyl (C=O) groups excluding carboxylic acids is 2. The van der Waals surface area contributed by atoms with E-state index >= 15 is 0 Å². The summed E-state index contributed by atoms with van der Waals surface area (Å²) in [5, 5.41) is 2.81. The monoisotopic (exact) mass is 463 g/mol. The van der Waals surface area contributed by atoms with Crippen LogP contribution in [-0.4, -0.2) is 37.6 Å². The third kappa shape index (κ3) is 5.30. The summed E-state index contributed by atoms with van der Waals surface area (Å²) in [4.78, 5) is 27.0. The highest BCUT2D eigenvalue weighted by atomic mass is 32.2. The van der Waals surface area contributed by atoms with Crippen molar-refractivity contribution in [1.82, 2.24) is 4.31 Å². The van der Waals surface area contributed by atoms with E-state index in [2.05, 4.69) is 5.32 Å². The minimum atomic E-state index is -3.91. The molecule has 7 nitrogen and oxygen atoms in total. The second kappa shape index (κ2) is 9.97. The molecule has 1 N–H and O–H groups in total. The summed E-state index contributed by atoms with van der Waals surface area (Å²) in [6.07, 6.45) is 1.24. The molecule has 170 valence electrons. The van der Waals surface area contributed by atoms with Crippen LogP contribution in [0.4, 0.5) is 11.4 Å². The van der Waals surface area contributed by atoms with Crippen molar-refractivity contribution >= 4 is 33.2 Å². The summed E-state index contributed by atoms with van der Waals surface area (Å²) in [7, 11) is -3.91. The molecule has 0 unspecified atom stereocenters. The van der Waals surface area contributed by atoms with Crippen molar-refractivity contribution < 1.29 is 18.0 Å². The van der Waals surface area contributed by atoms with Gasteiger partial charge in [0.15, 0.2) is 0 Å². The lowest BCUT2D eigenvalue weighted by Crippen LogP contribution is -2.37. The first-order chi connectivity index (χ1) is 15.9. The van der Waals surface area contributed by atoms with Crippen LogP contribution in [0.25, 0.3) is 0 Å². The van der Waals surface area contributed by atoms with Gasteiger partial charge in [-0.1, -0.05) is 60.7 Å². The molecule has 1 aliphatic heterocycles. The molecule has 2 amide bonds. The van der Waals surface area contributed by atoms with Crippen molar-refractivity contribution in [1.29, 1.82) is 0 Å². The fourth-order valence-corrected chi connectivity index (χ4v) is 5.23. The third-order valence-electron chi connectivity index (χ3n) is 5.45. The van der Waals surface area contributed by atoms with Crippen LogP contribution in [0.2, 0.25) is 0 Å². The molecular weight excluding hydrogens is 438 g/mol. The molecule has 0 aliphatic carbocycles. The lowest BCUT2D eigenvalue weighted by molar-refractivity contribution is -0.117. The Labute approximate surface area is 193 Å². The molecule has 4 rings (SSSR count). The number of nitrogens with one attached hydrogen (secondary N) is 1. The predicted octanol–water partition coefficient (Wildman–Crippen LogP) is 3.64. The SMILES string of the molecule is O=C(CN(Cc1ccccc1)S(=O)(=O)c1ccccc1)Nc1ccccc1N1CCCC1=O. The van der Waals surface area contributed by atoms with E-state index in [4.69, 9.17) is 0 Å². The summed E-state index contributed by atoms with van der Waals surface area (Å²) in [5.74, 6) is -0.474. The maximum atomic E-state index is 13.3. The van der Waals surface area contributed by atoms with Crippen LogP contribution < -0.4 is 10.2 Å². The van der Waals surface area contributed by atoms with Gasteiger partial charge in [-0.2, -0.15) is 4.31 Å². The molecular formula is C25H25N3O4S. The Morgan fingerprint density at radius 3 is 2.21 bits per heavy atom. The fourth-order valence-electron chi connectivity index (χ4n) is 3.82. The normalized spacial score (nSPS) is 14.0. The zero-order chi connectivity index (χ0) is 23.3. The first-order valence-electron chi connectivity index (χ1n) is 10.7. The van der Waals surface area contributed by atoms with Crippen LogP contribution in [0.3, 0.4) is 0 Å². The van der Waals surface area contributed by atoms with Gasteiger partial charge in [0.2, 0.25) is 21.8 Å². The first-order valence-corrected chi connectivity index (χ1v) is 12.2. The zero-order valence-electron chi connectivity index (χ0n) is 18.1. The van der Waals surface area contributed by atoms with E-state index in [-0.39, 0.29) is 23.9 Å². The maximum Gasteiger partial charge on any atom is 0.243 e. The number of benzene rings is 3. The Bertz CT molecular complexity index is 1230. The number of hydrogen-bond donors (Lipinski definition) is 1. The maximum absolute atomic E-state index is 13.3. The fraction of sp³-hybridized carbons (Fsp3) is 0.200. The highest BCUT2D eigenvalue weighted by Gasteiger charge is 2.28. The average Bonchev–Trinajstić information content (AvgIpc) is 3.26. The van der Waals surface area contributed by atoms with E-state index in [9.17, 15) is 18.0 Å². The van der Waals surface area contributed by atoms with Gasteiger partial charge in [-0.05, 0) is 36.2 Å². The highest BCUT2D eigenvalue weighted by Crippen LogP contribution is 2.29. The number of para-hydroxylation sites is 2. The molecule has 0 radical (unpaired) electrons. The molecule has 8 heteroatoms. The van der Waals surface area contributed by atoms with Gasteiger partial charge < -0.3 is 10.2 Å². The van der Waals surface area contributed by atoms with Crippen molar-refractivity contribution in [2.24, 2.45) is 0 Å². The largest absolute Gasteiger partial charge is 0.323 e. The van der Waals surface area contributed by atoms with Crippen LogP contribution >= 0.6 is 0 Å². The number of hydrogen-bond acceptors (Lipinski definition) is 4. The van der Waals surface area contributed by atoms with Gasteiger partial charge in [0.25, 0.3) is 0 Å². The summed E-state index contributed by atoms with van der Waals surface area (Å²) in [5.41, 5.74) is 1.87. The average molecular weight is 464 g/mol. The predicted molar refractivity (Wildman–Crippen MR) is 127 cm³/mol. The van der Waals surface area contributed by atoms with E-state index < -0.39 is 15.9 Å². The first kappa shape index (κ1) is 22.7. The molecule has 0 spiro atoms. The Balaban J connectivity index is 1.58. The molecule has 33 heavy (non-hydrogen) atoms. The number of anilines is 2. The van der Waals surface area contributed by atoms with Crippen molar-refractivity contribution in [3.8, 4) is 0 Å². The number of rotatable bonds is 8. The number of sulfonamides is 1. The highest BCUT2D eigenvalue weighted by molar-refractivity contribution is 7.89. The van der Waals surface area contributed by atoms with Crippen molar-refractivity contribution in [2.75, 3.05) is 23.3 Å². The minimum absolute atomic E-state index is 0.00839. The number of amides is 2. The van der Waals surface area contributed by atoms with Crippen LogP contribution in [0.5, 0.6) is 0 Å². The smallest absolute Gasteiger partial charge is 0.243 e. The molecule has 0 aromatic heterocycles. The summed E-state index contributed by atoms with van der Waals surface area (Å²) < 4.78 is 27.8. The van der Waals surface area contributed by atoms with Crippen molar-refractivity contribution in [3.63, 3.8) is 0 Å². The van der Waals surface area contributed by atoms with Gasteiger partial charge in [0, 0.05) is 19.5 Å². The summed E-state index contributed by atoms with van der Waals surface area (Å²) in [6, 6.07) is 24.3. The van der Waals surface area contributed by atoms with Crippen molar-refractivity contribution in [3.05, 3.63) is 90.5 Å². The molecule has 1 heterocycles. The van der Waals surface area contributed by atoms with Crippen molar-refractivity contribution in [2.45, 2.75) is 24.3 Å². The molecule has 1 aliphatic rings. The Morgan fingerprint density at radius 1 is 0.909 bits per heavy atom. The quantitative estimate of drug-likeness (QED) is 0.553. The molecule has 0 bridgehead atoms. The molecule has 1 fully saturated rings. The molecule has 0 atom stereocenters. The van der Waals surface area contributed by atoms with Gasteiger partial charge in [0.1, 0.15) is 0 Å². The van der Waals surface area contributed by atoms with Gasteiger partial charge in [-0.25, -0.2) is 8.42 Å². The molecule has 1 saturated heterocycles. The third-order valence-corrected chi connectivity index (χ3v) is 7.25. The van der Waals surface area contributed by atoms with E-state index in [0.717, 1.165) is 16.3 Å². The van der Waals surface area contributed by atoms with Crippen LogP contribution in [0.1, 0.15) is 18.4 Å².